The van der Waals surface area contributed by atoms with Gasteiger partial charge in [-0.25, -0.2) is 9.78 Å². The molecule has 7 nitrogen and oxygen atoms in total. The molecule has 3 aromatic rings. The van der Waals surface area contributed by atoms with Crippen LogP contribution in [0.25, 0.3) is 0 Å². The number of aliphatic hydroxyl groups excluding tert-OH is 1. The fourth-order valence-corrected chi connectivity index (χ4v) is 4.77. The molecule has 2 heterocycles. The van der Waals surface area contributed by atoms with Crippen molar-refractivity contribution < 1.29 is 14.6 Å². The lowest BCUT2D eigenvalue weighted by Crippen LogP contribution is -2.28. The molecule has 1 fully saturated rings. The zero-order chi connectivity index (χ0) is 23.4. The highest BCUT2D eigenvalue weighted by Crippen LogP contribution is 2.34. The van der Waals surface area contributed by atoms with Crippen LogP contribution in [0.3, 0.4) is 0 Å². The average molecular weight is 467 g/mol. The maximum atomic E-state index is 12.4. The molecule has 3 N–H and O–H groups in total. The third kappa shape index (κ3) is 5.46. The number of β-amino-alcohol motifs (C(OH)–C–C–N with tert-alkyl or cyclic N) is 1. The van der Waals surface area contributed by atoms with Gasteiger partial charge in [0.1, 0.15) is 5.75 Å². The summed E-state index contributed by atoms with van der Waals surface area (Å²) >= 11 is 1.41. The van der Waals surface area contributed by atoms with E-state index in [0.717, 1.165) is 41.2 Å². The number of methoxy groups -OCH3 is 1. The van der Waals surface area contributed by atoms with Gasteiger partial charge in [-0.1, -0.05) is 38.1 Å². The third-order valence-corrected chi connectivity index (χ3v) is 6.85. The number of carbonyl (C=O) groups is 1. The van der Waals surface area contributed by atoms with Crippen molar-refractivity contribution in [2.45, 2.75) is 38.3 Å². The predicted molar refractivity (Wildman–Crippen MR) is 132 cm³/mol. The summed E-state index contributed by atoms with van der Waals surface area (Å²) in [5.74, 6) is 0.816. The maximum absolute atomic E-state index is 12.4. The van der Waals surface area contributed by atoms with Gasteiger partial charge in [0, 0.05) is 36.1 Å². The summed E-state index contributed by atoms with van der Waals surface area (Å²) in [6, 6.07) is 15.7. The molecule has 33 heavy (non-hydrogen) atoms. The normalized spacial score (nSPS) is 16.0. The summed E-state index contributed by atoms with van der Waals surface area (Å²) in [5, 5.41) is 18.0. The van der Waals surface area contributed by atoms with Gasteiger partial charge in [-0.15, -0.1) is 11.3 Å². The van der Waals surface area contributed by atoms with Crippen LogP contribution in [-0.2, 0) is 12.0 Å². The topological polar surface area (TPSA) is 86.7 Å². The molecule has 4 rings (SSSR count). The number of hydrogen-bond donors (Lipinski definition) is 3. The molecule has 1 aromatic heterocycles. The van der Waals surface area contributed by atoms with Crippen LogP contribution in [-0.4, -0.2) is 42.4 Å². The number of nitrogens with one attached hydrogen (secondary N) is 2. The minimum atomic E-state index is -0.299. The fourth-order valence-electron chi connectivity index (χ4n) is 3.90. The van der Waals surface area contributed by atoms with Crippen LogP contribution < -0.4 is 20.3 Å². The highest BCUT2D eigenvalue weighted by molar-refractivity contribution is 7.13. The number of amides is 2. The molecule has 8 heteroatoms. The summed E-state index contributed by atoms with van der Waals surface area (Å²) in [5.41, 5.74) is 3.82. The Morgan fingerprint density at radius 3 is 2.58 bits per heavy atom. The van der Waals surface area contributed by atoms with E-state index in [1.807, 2.05) is 53.9 Å². The molecule has 1 aliphatic rings. The number of rotatable bonds is 7. The van der Waals surface area contributed by atoms with Gasteiger partial charge < -0.3 is 20.1 Å². The zero-order valence-electron chi connectivity index (χ0n) is 19.2. The van der Waals surface area contributed by atoms with E-state index >= 15 is 0 Å². The molecule has 1 saturated heterocycles. The van der Waals surface area contributed by atoms with Crippen LogP contribution in [0.1, 0.15) is 37.1 Å². The Balaban J connectivity index is 1.31. The predicted octanol–water partition coefficient (Wildman–Crippen LogP) is 4.37. The Kier molecular flexibility index (Phi) is 6.85. The van der Waals surface area contributed by atoms with Crippen LogP contribution in [0.5, 0.6) is 5.75 Å². The van der Waals surface area contributed by atoms with Gasteiger partial charge in [-0.05, 0) is 41.8 Å². The van der Waals surface area contributed by atoms with E-state index in [2.05, 4.69) is 34.4 Å². The first-order valence-corrected chi connectivity index (χ1v) is 11.9. The number of carbonyl (C=O) groups excluding carboxylic acids is 1. The van der Waals surface area contributed by atoms with Crippen LogP contribution in [0.15, 0.2) is 53.9 Å². The lowest BCUT2D eigenvalue weighted by molar-refractivity contribution is 0.198. The van der Waals surface area contributed by atoms with Crippen molar-refractivity contribution in [3.05, 3.63) is 70.7 Å². The van der Waals surface area contributed by atoms with Crippen molar-refractivity contribution in [3.8, 4) is 5.75 Å². The number of aromatic nitrogens is 1. The highest BCUT2D eigenvalue weighted by atomic mass is 32.1. The molecule has 174 valence electrons. The van der Waals surface area contributed by atoms with Gasteiger partial charge in [-0.3, -0.25) is 5.32 Å². The molecule has 0 radical (unpaired) electrons. The SMILES string of the molecule is COc1ccc(C(C)(C)c2csc(NC(=O)NCc3ccc(N4CCC(O)C4)cc3)n2)cc1. The summed E-state index contributed by atoms with van der Waals surface area (Å²) in [7, 11) is 1.65. The van der Waals surface area contributed by atoms with Crippen molar-refractivity contribution >= 4 is 28.2 Å². The standard InChI is InChI=1S/C25H30N4O3S/c1-25(2,18-6-10-21(32-3)11-7-18)22-16-33-24(27-22)28-23(31)26-14-17-4-8-19(9-5-17)29-13-12-20(30)15-29/h4-11,16,20,30H,12-15H2,1-3H3,(H2,26,27,28,31). The lowest BCUT2D eigenvalue weighted by Gasteiger charge is -2.23. The average Bonchev–Trinajstić information content (AvgIpc) is 3.47. The Morgan fingerprint density at radius 2 is 1.94 bits per heavy atom. The Labute approximate surface area is 198 Å². The largest absolute Gasteiger partial charge is 0.497 e. The molecule has 1 unspecified atom stereocenters. The van der Waals surface area contributed by atoms with Gasteiger partial charge in [-0.2, -0.15) is 0 Å². The zero-order valence-corrected chi connectivity index (χ0v) is 20.0. The number of ether oxygens (including phenoxy) is 1. The van der Waals surface area contributed by atoms with E-state index in [0.29, 0.717) is 18.2 Å². The lowest BCUT2D eigenvalue weighted by atomic mass is 9.82. The van der Waals surface area contributed by atoms with Gasteiger partial charge in [0.05, 0.1) is 18.9 Å². The summed E-state index contributed by atoms with van der Waals surface area (Å²) < 4.78 is 5.24. The van der Waals surface area contributed by atoms with Crippen LogP contribution in [0.2, 0.25) is 0 Å². The van der Waals surface area contributed by atoms with Gasteiger partial charge >= 0.3 is 6.03 Å². The molecular weight excluding hydrogens is 436 g/mol. The van der Waals surface area contributed by atoms with Crippen LogP contribution in [0.4, 0.5) is 15.6 Å². The van der Waals surface area contributed by atoms with Crippen molar-refractivity contribution in [3.63, 3.8) is 0 Å². The molecule has 0 saturated carbocycles. The second-order valence-corrected chi connectivity index (χ2v) is 9.61. The quantitative estimate of drug-likeness (QED) is 0.481. The van der Waals surface area contributed by atoms with Crippen molar-refractivity contribution in [2.75, 3.05) is 30.4 Å². The van der Waals surface area contributed by atoms with E-state index < -0.39 is 0 Å². The van der Waals surface area contributed by atoms with Crippen molar-refractivity contribution in [1.29, 1.82) is 0 Å². The molecule has 2 aromatic carbocycles. The first kappa shape index (κ1) is 23.1. The fraction of sp³-hybridized carbons (Fsp3) is 0.360. The van der Waals surface area contributed by atoms with E-state index in [1.54, 1.807) is 7.11 Å². The first-order valence-electron chi connectivity index (χ1n) is 11.0. The molecule has 1 atom stereocenters. The number of urea groups is 1. The summed E-state index contributed by atoms with van der Waals surface area (Å²) in [4.78, 5) is 19.2. The molecule has 0 bridgehead atoms. The molecule has 1 aliphatic heterocycles. The van der Waals surface area contributed by atoms with E-state index in [4.69, 9.17) is 4.74 Å². The highest BCUT2D eigenvalue weighted by Gasteiger charge is 2.26. The van der Waals surface area contributed by atoms with Crippen molar-refractivity contribution in [2.24, 2.45) is 0 Å². The van der Waals surface area contributed by atoms with Gasteiger partial charge in [0.2, 0.25) is 0 Å². The summed E-state index contributed by atoms with van der Waals surface area (Å²) in [6.07, 6.45) is 0.558. The Bertz CT molecular complexity index is 1080. The second-order valence-electron chi connectivity index (χ2n) is 8.75. The van der Waals surface area contributed by atoms with Gasteiger partial charge in [0.15, 0.2) is 5.13 Å². The smallest absolute Gasteiger partial charge is 0.321 e. The summed E-state index contributed by atoms with van der Waals surface area (Å²) in [6.45, 7) is 6.18. The third-order valence-electron chi connectivity index (χ3n) is 6.09. The Hall–Kier alpha value is -3.10. The minimum absolute atomic E-state index is 0.247. The van der Waals surface area contributed by atoms with Crippen LogP contribution in [0, 0.1) is 0 Å². The van der Waals surface area contributed by atoms with E-state index in [1.165, 1.54) is 11.3 Å². The maximum Gasteiger partial charge on any atom is 0.321 e. The van der Waals surface area contributed by atoms with Crippen LogP contribution >= 0.6 is 11.3 Å². The number of hydrogen-bond acceptors (Lipinski definition) is 6. The number of nitrogens with zero attached hydrogens (tertiary/aromatic N) is 2. The number of benzene rings is 2. The number of anilines is 2. The van der Waals surface area contributed by atoms with E-state index in [9.17, 15) is 9.90 Å². The molecule has 0 aliphatic carbocycles. The van der Waals surface area contributed by atoms with Crippen molar-refractivity contribution in [1.82, 2.24) is 10.3 Å². The first-order chi connectivity index (χ1) is 15.8. The monoisotopic (exact) mass is 466 g/mol. The molecule has 2 amide bonds. The minimum Gasteiger partial charge on any atom is -0.497 e. The molecular formula is C25H30N4O3S. The Morgan fingerprint density at radius 1 is 1.21 bits per heavy atom. The number of aliphatic hydroxyl groups is 1. The molecule has 0 spiro atoms. The second kappa shape index (κ2) is 9.80. The van der Waals surface area contributed by atoms with E-state index in [-0.39, 0.29) is 17.6 Å². The van der Waals surface area contributed by atoms with Gasteiger partial charge in [0.25, 0.3) is 0 Å². The number of thiazole rings is 1.